The first-order chi connectivity index (χ1) is 7.84. The van der Waals surface area contributed by atoms with Crippen molar-refractivity contribution in [2.24, 2.45) is 11.8 Å². The van der Waals surface area contributed by atoms with E-state index in [0.29, 0.717) is 11.7 Å². The predicted octanol–water partition coefficient (Wildman–Crippen LogP) is 1.99. The Morgan fingerprint density at radius 2 is 1.82 bits per heavy atom. The fourth-order valence-electron chi connectivity index (χ4n) is 1.12. The van der Waals surface area contributed by atoms with Crippen LogP contribution in [-0.2, 0) is 9.59 Å². The van der Waals surface area contributed by atoms with Crippen LogP contribution in [0.2, 0.25) is 0 Å². The number of aliphatic carboxylic acids is 1. The third-order valence-corrected chi connectivity index (χ3v) is 3.59. The van der Waals surface area contributed by atoms with Crippen LogP contribution >= 0.6 is 11.8 Å². The zero-order valence-corrected chi connectivity index (χ0v) is 11.8. The van der Waals surface area contributed by atoms with Crippen molar-refractivity contribution in [3.63, 3.8) is 0 Å². The highest BCUT2D eigenvalue weighted by molar-refractivity contribution is 7.99. The molecule has 0 aliphatic heterocycles. The second-order valence-electron chi connectivity index (χ2n) is 4.72. The summed E-state index contributed by atoms with van der Waals surface area (Å²) in [4.78, 5) is 22.2. The summed E-state index contributed by atoms with van der Waals surface area (Å²) in [5.41, 5.74) is 0. The Labute approximate surface area is 108 Å². The first-order valence-corrected chi connectivity index (χ1v) is 7.10. The number of hydrogen-bond donors (Lipinski definition) is 2. The molecule has 0 radical (unpaired) electrons. The minimum atomic E-state index is -0.884. The first-order valence-electron chi connectivity index (χ1n) is 5.94. The maximum Gasteiger partial charge on any atom is 0.308 e. The molecule has 0 aromatic carbocycles. The van der Waals surface area contributed by atoms with E-state index in [0.717, 1.165) is 12.2 Å². The zero-order chi connectivity index (χ0) is 13.4. The number of carbonyl (C=O) groups excluding carboxylic acids is 1. The molecule has 0 fully saturated rings. The van der Waals surface area contributed by atoms with Gasteiger partial charge in [0.25, 0.3) is 0 Å². The quantitative estimate of drug-likeness (QED) is 0.656. The molecule has 100 valence electrons. The fourth-order valence-corrected chi connectivity index (χ4v) is 2.17. The van der Waals surface area contributed by atoms with Crippen molar-refractivity contribution < 1.29 is 14.7 Å². The van der Waals surface area contributed by atoms with Crippen molar-refractivity contribution in [1.82, 2.24) is 5.32 Å². The van der Waals surface area contributed by atoms with Gasteiger partial charge in [0.2, 0.25) is 5.91 Å². The topological polar surface area (TPSA) is 66.4 Å². The summed E-state index contributed by atoms with van der Waals surface area (Å²) in [5, 5.41) is 11.5. The van der Waals surface area contributed by atoms with Crippen LogP contribution in [0.4, 0.5) is 0 Å². The minimum Gasteiger partial charge on any atom is -0.481 e. The van der Waals surface area contributed by atoms with Crippen LogP contribution in [0.25, 0.3) is 0 Å². The number of rotatable bonds is 8. The molecule has 1 amide bonds. The minimum absolute atomic E-state index is 0.0839. The second kappa shape index (κ2) is 8.39. The zero-order valence-electron chi connectivity index (χ0n) is 11.0. The van der Waals surface area contributed by atoms with Crippen LogP contribution in [-0.4, -0.2) is 34.5 Å². The number of amides is 1. The van der Waals surface area contributed by atoms with Crippen molar-refractivity contribution in [2.75, 3.05) is 11.5 Å². The van der Waals surface area contributed by atoms with Crippen molar-refractivity contribution in [1.29, 1.82) is 0 Å². The second-order valence-corrected chi connectivity index (χ2v) is 5.82. The molecule has 5 heteroatoms. The third kappa shape index (κ3) is 8.07. The smallest absolute Gasteiger partial charge is 0.308 e. The van der Waals surface area contributed by atoms with E-state index in [2.05, 4.69) is 19.2 Å². The normalized spacial score (nSPS) is 14.4. The van der Waals surface area contributed by atoms with Crippen LogP contribution in [0.15, 0.2) is 0 Å². The van der Waals surface area contributed by atoms with Gasteiger partial charge in [-0.2, -0.15) is 11.8 Å². The van der Waals surface area contributed by atoms with Gasteiger partial charge < -0.3 is 10.4 Å². The van der Waals surface area contributed by atoms with Crippen molar-refractivity contribution in [2.45, 2.75) is 40.2 Å². The summed E-state index contributed by atoms with van der Waals surface area (Å²) in [7, 11) is 0. The molecule has 0 saturated heterocycles. The highest BCUT2D eigenvalue weighted by Crippen LogP contribution is 2.09. The molecular formula is C12H23NO3S. The van der Waals surface area contributed by atoms with Crippen molar-refractivity contribution in [3.8, 4) is 0 Å². The van der Waals surface area contributed by atoms with Gasteiger partial charge >= 0.3 is 5.97 Å². The lowest BCUT2D eigenvalue weighted by Gasteiger charge is -2.17. The van der Waals surface area contributed by atoms with Crippen LogP contribution < -0.4 is 5.32 Å². The number of carbonyl (C=O) groups is 2. The van der Waals surface area contributed by atoms with E-state index in [1.54, 1.807) is 25.6 Å². The average Bonchev–Trinajstić information content (AvgIpc) is 2.22. The van der Waals surface area contributed by atoms with E-state index in [1.165, 1.54) is 0 Å². The molecule has 0 aliphatic carbocycles. The van der Waals surface area contributed by atoms with E-state index in [9.17, 15) is 9.59 Å². The summed E-state index contributed by atoms with van der Waals surface area (Å²) in [6.45, 7) is 7.61. The molecular weight excluding hydrogens is 238 g/mol. The molecule has 0 heterocycles. The van der Waals surface area contributed by atoms with E-state index >= 15 is 0 Å². The number of nitrogens with one attached hydrogen (secondary N) is 1. The molecule has 0 aromatic heterocycles. The molecule has 0 rings (SSSR count). The lowest BCUT2D eigenvalue weighted by molar-refractivity contribution is -0.142. The van der Waals surface area contributed by atoms with Gasteiger partial charge in [-0.1, -0.05) is 13.8 Å². The van der Waals surface area contributed by atoms with Gasteiger partial charge in [0.05, 0.1) is 11.7 Å². The monoisotopic (exact) mass is 261 g/mol. The van der Waals surface area contributed by atoms with E-state index in [-0.39, 0.29) is 11.9 Å². The largest absolute Gasteiger partial charge is 0.481 e. The summed E-state index contributed by atoms with van der Waals surface area (Å²) in [5.74, 6) is 0.498. The highest BCUT2D eigenvalue weighted by Gasteiger charge is 2.20. The van der Waals surface area contributed by atoms with Gasteiger partial charge in [-0.05, 0) is 31.9 Å². The molecule has 0 bridgehead atoms. The predicted molar refractivity (Wildman–Crippen MR) is 71.2 cm³/mol. The van der Waals surface area contributed by atoms with Crippen LogP contribution in [0, 0.1) is 11.8 Å². The molecule has 17 heavy (non-hydrogen) atoms. The first kappa shape index (κ1) is 16.3. The third-order valence-electron chi connectivity index (χ3n) is 2.60. The van der Waals surface area contributed by atoms with Gasteiger partial charge in [-0.15, -0.1) is 0 Å². The maximum atomic E-state index is 11.5. The van der Waals surface area contributed by atoms with Crippen molar-refractivity contribution in [3.05, 3.63) is 0 Å². The van der Waals surface area contributed by atoms with Crippen LogP contribution in [0.3, 0.4) is 0 Å². The lowest BCUT2D eigenvalue weighted by Crippen LogP contribution is -2.40. The number of thioether (sulfide) groups is 1. The molecule has 0 aliphatic rings. The van der Waals surface area contributed by atoms with Crippen molar-refractivity contribution >= 4 is 23.6 Å². The van der Waals surface area contributed by atoms with Gasteiger partial charge in [-0.25, -0.2) is 0 Å². The molecule has 2 unspecified atom stereocenters. The average molecular weight is 261 g/mol. The lowest BCUT2D eigenvalue weighted by atomic mass is 10.0. The Morgan fingerprint density at radius 3 is 2.29 bits per heavy atom. The Kier molecular flexibility index (Phi) is 8.04. The Morgan fingerprint density at radius 1 is 1.24 bits per heavy atom. The highest BCUT2D eigenvalue weighted by atomic mass is 32.2. The van der Waals surface area contributed by atoms with Gasteiger partial charge in [-0.3, -0.25) is 9.59 Å². The molecule has 2 atom stereocenters. The molecule has 2 N–H and O–H groups in total. The molecule has 4 nitrogen and oxygen atoms in total. The standard InChI is InChI=1S/C12H23NO3S/c1-8(2)5-6-17-7-11(14)13-10(4)9(3)12(15)16/h8-10H,5-7H2,1-4H3,(H,13,14)(H,15,16). The number of carboxylic acid groups (broad SMARTS) is 1. The summed E-state index contributed by atoms with van der Waals surface area (Å²) >= 11 is 1.59. The van der Waals surface area contributed by atoms with Crippen LogP contribution in [0.5, 0.6) is 0 Å². The molecule has 0 aromatic rings. The fraction of sp³-hybridized carbons (Fsp3) is 0.833. The molecule has 0 saturated carbocycles. The Hall–Kier alpha value is -0.710. The Balaban J connectivity index is 3.75. The van der Waals surface area contributed by atoms with E-state index in [1.807, 2.05) is 0 Å². The maximum absolute atomic E-state index is 11.5. The molecule has 0 spiro atoms. The summed E-state index contributed by atoms with van der Waals surface area (Å²) < 4.78 is 0. The number of carboxylic acids is 1. The van der Waals surface area contributed by atoms with Crippen LogP contribution in [0.1, 0.15) is 34.1 Å². The van der Waals surface area contributed by atoms with Gasteiger partial charge in [0.15, 0.2) is 0 Å². The SMILES string of the molecule is CC(C)CCSCC(=O)NC(C)C(C)C(=O)O. The van der Waals surface area contributed by atoms with E-state index in [4.69, 9.17) is 5.11 Å². The number of hydrogen-bond acceptors (Lipinski definition) is 3. The van der Waals surface area contributed by atoms with Gasteiger partial charge in [0.1, 0.15) is 0 Å². The Bertz CT molecular complexity index is 256. The van der Waals surface area contributed by atoms with Gasteiger partial charge in [0, 0.05) is 6.04 Å². The summed E-state index contributed by atoms with van der Waals surface area (Å²) in [6.07, 6.45) is 1.10. The van der Waals surface area contributed by atoms with E-state index < -0.39 is 11.9 Å². The summed E-state index contributed by atoms with van der Waals surface area (Å²) in [6, 6.07) is -0.328.